The molecule has 2 aromatic carbocycles. The van der Waals surface area contributed by atoms with Gasteiger partial charge < -0.3 is 14.4 Å². The SMILES string of the molecule is CC(C)(C)OC(=O)N1CCCC(COc2ccc(CN3Cc4ccccc4C3)c3c2S(=O)(=O)CC3)C1. The zero-order chi connectivity index (χ0) is 25.5. The Kier molecular flexibility index (Phi) is 6.76. The van der Waals surface area contributed by atoms with Gasteiger partial charge in [0.15, 0.2) is 9.84 Å². The van der Waals surface area contributed by atoms with Gasteiger partial charge in [-0.05, 0) is 68.4 Å². The Morgan fingerprint density at radius 2 is 1.81 bits per heavy atom. The lowest BCUT2D eigenvalue weighted by atomic mass is 9.99. The van der Waals surface area contributed by atoms with Crippen LogP contribution in [-0.4, -0.2) is 55.4 Å². The first-order valence-electron chi connectivity index (χ1n) is 12.9. The Bertz CT molecular complexity index is 1230. The van der Waals surface area contributed by atoms with Crippen LogP contribution >= 0.6 is 0 Å². The molecule has 2 aromatic rings. The average Bonchev–Trinajstić information content (AvgIpc) is 3.38. The molecule has 3 aliphatic heterocycles. The number of carbonyl (C=O) groups is 1. The first kappa shape index (κ1) is 25.1. The van der Waals surface area contributed by atoms with E-state index in [0.29, 0.717) is 36.8 Å². The zero-order valence-electron chi connectivity index (χ0n) is 21.5. The van der Waals surface area contributed by atoms with Crippen molar-refractivity contribution in [2.75, 3.05) is 25.4 Å². The summed E-state index contributed by atoms with van der Waals surface area (Å²) in [6, 6.07) is 12.3. The highest BCUT2D eigenvalue weighted by Crippen LogP contribution is 2.38. The number of ether oxygens (including phenoxy) is 2. The Morgan fingerprint density at radius 1 is 1.08 bits per heavy atom. The van der Waals surface area contributed by atoms with E-state index in [0.717, 1.165) is 43.6 Å². The number of sulfone groups is 1. The van der Waals surface area contributed by atoms with Crippen LogP contribution in [0.5, 0.6) is 5.75 Å². The van der Waals surface area contributed by atoms with Crippen LogP contribution in [0.4, 0.5) is 4.79 Å². The molecule has 36 heavy (non-hydrogen) atoms. The van der Waals surface area contributed by atoms with E-state index in [-0.39, 0.29) is 17.8 Å². The molecule has 1 atom stereocenters. The van der Waals surface area contributed by atoms with Crippen LogP contribution < -0.4 is 4.74 Å². The quantitative estimate of drug-likeness (QED) is 0.585. The molecular weight excluding hydrogens is 476 g/mol. The van der Waals surface area contributed by atoms with E-state index in [4.69, 9.17) is 9.47 Å². The molecule has 1 amide bonds. The van der Waals surface area contributed by atoms with Gasteiger partial charge in [-0.1, -0.05) is 30.3 Å². The number of hydrogen-bond donors (Lipinski definition) is 0. The fourth-order valence-corrected chi connectivity index (χ4v) is 7.24. The molecule has 0 N–H and O–H groups in total. The van der Waals surface area contributed by atoms with E-state index in [9.17, 15) is 13.2 Å². The summed E-state index contributed by atoms with van der Waals surface area (Å²) >= 11 is 0. The van der Waals surface area contributed by atoms with Crippen molar-refractivity contribution in [3.05, 3.63) is 58.7 Å². The first-order valence-corrected chi connectivity index (χ1v) is 14.5. The van der Waals surface area contributed by atoms with Crippen LogP contribution in [0.3, 0.4) is 0 Å². The summed E-state index contributed by atoms with van der Waals surface area (Å²) < 4.78 is 37.7. The van der Waals surface area contributed by atoms with E-state index < -0.39 is 15.4 Å². The van der Waals surface area contributed by atoms with Crippen molar-refractivity contribution in [1.82, 2.24) is 9.80 Å². The summed E-state index contributed by atoms with van der Waals surface area (Å²) in [6.07, 6.45) is 2.04. The Labute approximate surface area is 214 Å². The smallest absolute Gasteiger partial charge is 0.410 e. The minimum atomic E-state index is -3.37. The Balaban J connectivity index is 1.27. The topological polar surface area (TPSA) is 76.2 Å². The summed E-state index contributed by atoms with van der Waals surface area (Å²) in [5, 5.41) is 0. The fourth-order valence-electron chi connectivity index (χ4n) is 5.52. The van der Waals surface area contributed by atoms with Gasteiger partial charge in [0.2, 0.25) is 0 Å². The highest BCUT2D eigenvalue weighted by atomic mass is 32.2. The van der Waals surface area contributed by atoms with E-state index >= 15 is 0 Å². The van der Waals surface area contributed by atoms with Crippen molar-refractivity contribution in [1.29, 1.82) is 0 Å². The minimum absolute atomic E-state index is 0.131. The largest absolute Gasteiger partial charge is 0.492 e. The minimum Gasteiger partial charge on any atom is -0.492 e. The predicted molar refractivity (Wildman–Crippen MR) is 138 cm³/mol. The molecule has 7 nitrogen and oxygen atoms in total. The van der Waals surface area contributed by atoms with E-state index in [1.54, 1.807) is 4.90 Å². The zero-order valence-corrected chi connectivity index (χ0v) is 22.3. The molecule has 8 heteroatoms. The molecule has 0 aliphatic carbocycles. The molecule has 0 spiro atoms. The van der Waals surface area contributed by atoms with Crippen LogP contribution in [-0.2, 0) is 40.6 Å². The van der Waals surface area contributed by atoms with Gasteiger partial charge in [0.05, 0.1) is 12.4 Å². The Morgan fingerprint density at radius 3 is 2.50 bits per heavy atom. The summed E-state index contributed by atoms with van der Waals surface area (Å²) in [5.41, 5.74) is 4.13. The third kappa shape index (κ3) is 5.39. The van der Waals surface area contributed by atoms with E-state index in [1.165, 1.54) is 11.1 Å². The van der Waals surface area contributed by atoms with Crippen LogP contribution in [0, 0.1) is 5.92 Å². The Hall–Kier alpha value is -2.58. The maximum Gasteiger partial charge on any atom is 0.410 e. The summed E-state index contributed by atoms with van der Waals surface area (Å²) in [4.78, 5) is 17.0. The van der Waals surface area contributed by atoms with Crippen molar-refractivity contribution in [2.24, 2.45) is 5.92 Å². The first-order chi connectivity index (χ1) is 17.1. The number of nitrogens with zero attached hydrogens (tertiary/aromatic N) is 2. The molecule has 1 saturated heterocycles. The maximum atomic E-state index is 13.0. The number of fused-ring (bicyclic) bond motifs is 2. The lowest BCUT2D eigenvalue weighted by Gasteiger charge is -2.34. The summed E-state index contributed by atoms with van der Waals surface area (Å²) in [6.45, 7) is 9.68. The molecule has 0 saturated carbocycles. The second-order valence-corrected chi connectivity index (χ2v) is 13.3. The molecular formula is C28H36N2O5S. The highest BCUT2D eigenvalue weighted by molar-refractivity contribution is 7.91. The number of amides is 1. The molecule has 0 radical (unpaired) electrons. The van der Waals surface area contributed by atoms with Gasteiger partial charge in [-0.3, -0.25) is 4.90 Å². The van der Waals surface area contributed by atoms with Crippen molar-refractivity contribution < 1.29 is 22.7 Å². The molecule has 0 aromatic heterocycles. The van der Waals surface area contributed by atoms with Crippen LogP contribution in [0.25, 0.3) is 0 Å². The monoisotopic (exact) mass is 512 g/mol. The number of hydrogen-bond acceptors (Lipinski definition) is 6. The van der Waals surface area contributed by atoms with Crippen LogP contribution in [0.15, 0.2) is 41.3 Å². The van der Waals surface area contributed by atoms with Gasteiger partial charge in [0.1, 0.15) is 16.2 Å². The molecule has 3 heterocycles. The van der Waals surface area contributed by atoms with Crippen LogP contribution in [0.1, 0.15) is 55.9 Å². The third-order valence-electron chi connectivity index (χ3n) is 7.20. The molecule has 1 unspecified atom stereocenters. The number of benzene rings is 2. The van der Waals surface area contributed by atoms with Gasteiger partial charge >= 0.3 is 6.09 Å². The summed E-state index contributed by atoms with van der Waals surface area (Å²) in [7, 11) is -3.37. The normalized spacial score (nSPS) is 21.2. The second kappa shape index (κ2) is 9.71. The lowest BCUT2D eigenvalue weighted by Crippen LogP contribution is -2.44. The maximum absolute atomic E-state index is 13.0. The highest BCUT2D eigenvalue weighted by Gasteiger charge is 2.34. The number of rotatable bonds is 5. The van der Waals surface area contributed by atoms with E-state index in [2.05, 4.69) is 29.2 Å². The average molecular weight is 513 g/mol. The van der Waals surface area contributed by atoms with Crippen LogP contribution in [0.2, 0.25) is 0 Å². The molecule has 0 bridgehead atoms. The fraction of sp³-hybridized carbons (Fsp3) is 0.536. The molecule has 5 rings (SSSR count). The number of carbonyl (C=O) groups excluding carboxylic acids is 1. The van der Waals surface area contributed by atoms with Crippen molar-refractivity contribution in [3.8, 4) is 5.75 Å². The lowest BCUT2D eigenvalue weighted by molar-refractivity contribution is 0.0138. The molecule has 3 aliphatic rings. The van der Waals surface area contributed by atoms with Crippen molar-refractivity contribution >= 4 is 15.9 Å². The predicted octanol–water partition coefficient (Wildman–Crippen LogP) is 4.56. The molecule has 194 valence electrons. The third-order valence-corrected chi connectivity index (χ3v) is 9.01. The van der Waals surface area contributed by atoms with Gasteiger partial charge in [-0.2, -0.15) is 0 Å². The van der Waals surface area contributed by atoms with Gasteiger partial charge in [0.25, 0.3) is 0 Å². The van der Waals surface area contributed by atoms with E-state index in [1.807, 2.05) is 32.9 Å². The second-order valence-electron chi connectivity index (χ2n) is 11.3. The molecule has 1 fully saturated rings. The summed E-state index contributed by atoms with van der Waals surface area (Å²) in [5.74, 6) is 0.713. The standard InChI is InChI=1S/C28H36N2O5S/c1-28(2,3)35-27(31)30-13-6-7-20(15-30)19-34-25-11-10-23(24-12-14-36(32,33)26(24)25)18-29-16-21-8-4-5-9-22(21)17-29/h4-5,8-11,20H,6-7,12-19H2,1-3H3. The van der Waals surface area contributed by atoms with Crippen molar-refractivity contribution in [2.45, 2.75) is 70.2 Å². The van der Waals surface area contributed by atoms with Gasteiger partial charge in [-0.15, -0.1) is 0 Å². The van der Waals surface area contributed by atoms with Gasteiger partial charge in [-0.25, -0.2) is 13.2 Å². The van der Waals surface area contributed by atoms with Gasteiger partial charge in [0, 0.05) is 38.6 Å². The number of likely N-dealkylation sites (tertiary alicyclic amines) is 1. The number of piperidine rings is 1. The van der Waals surface area contributed by atoms with Crippen molar-refractivity contribution in [3.63, 3.8) is 0 Å².